The van der Waals surface area contributed by atoms with Gasteiger partial charge in [0.1, 0.15) is 5.84 Å². The highest BCUT2D eigenvalue weighted by molar-refractivity contribution is 5.86. The lowest BCUT2D eigenvalue weighted by Crippen LogP contribution is -2.50. The minimum Gasteiger partial charge on any atom is -0.386 e. The molecule has 0 aliphatic carbocycles. The minimum atomic E-state index is -0.556. The molecule has 0 heterocycles. The lowest BCUT2D eigenvalue weighted by molar-refractivity contribution is 0.521. The number of nitrogens with two attached hydrogens (primary N) is 2. The molecule has 0 unspecified atom stereocenters. The first-order valence-corrected chi connectivity index (χ1v) is 3.20. The molecule has 0 amide bonds. The van der Waals surface area contributed by atoms with Crippen molar-refractivity contribution in [1.29, 1.82) is 5.41 Å². The SMILES string of the molecule is CCC(N)(CC)C(=N)N. The zero-order valence-corrected chi connectivity index (χ0v) is 6.07. The van der Waals surface area contributed by atoms with Gasteiger partial charge >= 0.3 is 0 Å². The fourth-order valence-corrected chi connectivity index (χ4v) is 0.631. The number of hydrogen-bond acceptors (Lipinski definition) is 2. The first kappa shape index (κ1) is 8.43. The van der Waals surface area contributed by atoms with E-state index in [1.807, 2.05) is 13.8 Å². The van der Waals surface area contributed by atoms with E-state index in [9.17, 15) is 0 Å². The van der Waals surface area contributed by atoms with Crippen LogP contribution in [0.25, 0.3) is 0 Å². The number of rotatable bonds is 3. The zero-order chi connectivity index (χ0) is 7.49. The summed E-state index contributed by atoms with van der Waals surface area (Å²) in [7, 11) is 0. The van der Waals surface area contributed by atoms with Crippen molar-refractivity contribution < 1.29 is 0 Å². The minimum absolute atomic E-state index is 0.0903. The summed E-state index contributed by atoms with van der Waals surface area (Å²) in [6.07, 6.45) is 1.47. The van der Waals surface area contributed by atoms with Crippen LogP contribution in [0.5, 0.6) is 0 Å². The maximum absolute atomic E-state index is 7.10. The van der Waals surface area contributed by atoms with E-state index in [0.717, 1.165) is 12.8 Å². The molecule has 3 heteroatoms. The van der Waals surface area contributed by atoms with Crippen molar-refractivity contribution in [3.8, 4) is 0 Å². The molecular formula is C6H15N3. The summed E-state index contributed by atoms with van der Waals surface area (Å²) in [5.74, 6) is 0.0903. The molecule has 0 rings (SSSR count). The maximum Gasteiger partial charge on any atom is 0.111 e. The van der Waals surface area contributed by atoms with Crippen molar-refractivity contribution in [2.45, 2.75) is 32.2 Å². The Labute approximate surface area is 55.9 Å². The third-order valence-electron chi connectivity index (χ3n) is 1.80. The molecule has 0 bridgehead atoms. The quantitative estimate of drug-likeness (QED) is 0.382. The average molecular weight is 129 g/mol. The fourth-order valence-electron chi connectivity index (χ4n) is 0.631. The molecule has 0 fully saturated rings. The highest BCUT2D eigenvalue weighted by Gasteiger charge is 2.23. The number of nitrogens with one attached hydrogen (secondary N) is 1. The van der Waals surface area contributed by atoms with Crippen LogP contribution >= 0.6 is 0 Å². The molecule has 54 valence electrons. The Morgan fingerprint density at radius 1 is 1.44 bits per heavy atom. The molecule has 0 spiro atoms. The van der Waals surface area contributed by atoms with Crippen LogP contribution < -0.4 is 11.5 Å². The highest BCUT2D eigenvalue weighted by Crippen LogP contribution is 2.09. The summed E-state index contributed by atoms with van der Waals surface area (Å²) < 4.78 is 0. The molecule has 0 saturated heterocycles. The first-order chi connectivity index (χ1) is 4.06. The van der Waals surface area contributed by atoms with Crippen LogP contribution in [0.15, 0.2) is 0 Å². The van der Waals surface area contributed by atoms with Gasteiger partial charge in [-0.2, -0.15) is 0 Å². The van der Waals surface area contributed by atoms with Gasteiger partial charge in [-0.05, 0) is 12.8 Å². The topological polar surface area (TPSA) is 75.9 Å². The fraction of sp³-hybridized carbons (Fsp3) is 0.833. The van der Waals surface area contributed by atoms with E-state index in [4.69, 9.17) is 16.9 Å². The van der Waals surface area contributed by atoms with E-state index in [2.05, 4.69) is 0 Å². The monoisotopic (exact) mass is 129 g/mol. The van der Waals surface area contributed by atoms with Crippen molar-refractivity contribution in [2.24, 2.45) is 11.5 Å². The van der Waals surface area contributed by atoms with Crippen molar-refractivity contribution in [1.82, 2.24) is 0 Å². The second kappa shape index (κ2) is 2.82. The van der Waals surface area contributed by atoms with Crippen molar-refractivity contribution in [3.05, 3.63) is 0 Å². The maximum atomic E-state index is 7.10. The van der Waals surface area contributed by atoms with E-state index in [1.54, 1.807) is 0 Å². The Kier molecular flexibility index (Phi) is 2.65. The van der Waals surface area contributed by atoms with Crippen molar-refractivity contribution in [3.63, 3.8) is 0 Å². The normalized spacial score (nSPS) is 11.4. The van der Waals surface area contributed by atoms with Crippen LogP contribution in [0.1, 0.15) is 26.7 Å². The van der Waals surface area contributed by atoms with Crippen LogP contribution in [-0.4, -0.2) is 11.4 Å². The summed E-state index contributed by atoms with van der Waals surface area (Å²) in [6.45, 7) is 3.87. The van der Waals surface area contributed by atoms with Gasteiger partial charge in [0.05, 0.1) is 5.54 Å². The smallest absolute Gasteiger partial charge is 0.111 e. The molecule has 9 heavy (non-hydrogen) atoms. The summed E-state index contributed by atoms with van der Waals surface area (Å²) in [5, 5.41) is 7.10. The van der Waals surface area contributed by atoms with Gasteiger partial charge in [-0.1, -0.05) is 13.8 Å². The largest absolute Gasteiger partial charge is 0.386 e. The van der Waals surface area contributed by atoms with Crippen LogP contribution in [-0.2, 0) is 0 Å². The van der Waals surface area contributed by atoms with Gasteiger partial charge in [-0.25, -0.2) is 0 Å². The van der Waals surface area contributed by atoms with Crippen LogP contribution in [0.3, 0.4) is 0 Å². The second-order valence-electron chi connectivity index (χ2n) is 2.28. The van der Waals surface area contributed by atoms with Crippen LogP contribution in [0.2, 0.25) is 0 Å². The lowest BCUT2D eigenvalue weighted by Gasteiger charge is -2.24. The molecule has 0 aromatic carbocycles. The molecular weight excluding hydrogens is 114 g/mol. The Bertz CT molecular complexity index is 105. The van der Waals surface area contributed by atoms with Crippen LogP contribution in [0.4, 0.5) is 0 Å². The molecule has 0 aliphatic rings. The van der Waals surface area contributed by atoms with E-state index < -0.39 is 5.54 Å². The Balaban J connectivity index is 4.09. The van der Waals surface area contributed by atoms with Crippen molar-refractivity contribution >= 4 is 5.84 Å². The molecule has 0 radical (unpaired) electrons. The van der Waals surface area contributed by atoms with Gasteiger partial charge in [-0.15, -0.1) is 0 Å². The number of amidine groups is 1. The highest BCUT2D eigenvalue weighted by atomic mass is 14.9. The number of hydrogen-bond donors (Lipinski definition) is 3. The molecule has 0 aromatic heterocycles. The Morgan fingerprint density at radius 2 is 1.78 bits per heavy atom. The van der Waals surface area contributed by atoms with E-state index >= 15 is 0 Å². The predicted octanol–water partition coefficient (Wildman–Crippen LogP) is 0.440. The summed E-state index contributed by atoms with van der Waals surface area (Å²) >= 11 is 0. The van der Waals surface area contributed by atoms with Gasteiger partial charge in [0.15, 0.2) is 0 Å². The third kappa shape index (κ3) is 1.68. The summed E-state index contributed by atoms with van der Waals surface area (Å²) in [6, 6.07) is 0. The van der Waals surface area contributed by atoms with Gasteiger partial charge in [0.25, 0.3) is 0 Å². The van der Waals surface area contributed by atoms with Gasteiger partial charge < -0.3 is 11.5 Å². The summed E-state index contributed by atoms with van der Waals surface area (Å²) in [5.41, 5.74) is 10.4. The van der Waals surface area contributed by atoms with E-state index in [1.165, 1.54) is 0 Å². The predicted molar refractivity (Wildman–Crippen MR) is 39.4 cm³/mol. The molecule has 5 N–H and O–H groups in total. The van der Waals surface area contributed by atoms with Gasteiger partial charge in [-0.3, -0.25) is 5.41 Å². The molecule has 0 atom stereocenters. The molecule has 3 nitrogen and oxygen atoms in total. The van der Waals surface area contributed by atoms with Gasteiger partial charge in [0, 0.05) is 0 Å². The first-order valence-electron chi connectivity index (χ1n) is 3.20. The molecule has 0 aromatic rings. The van der Waals surface area contributed by atoms with E-state index in [-0.39, 0.29) is 5.84 Å². The third-order valence-corrected chi connectivity index (χ3v) is 1.80. The van der Waals surface area contributed by atoms with Crippen molar-refractivity contribution in [2.75, 3.05) is 0 Å². The second-order valence-corrected chi connectivity index (χ2v) is 2.28. The Hall–Kier alpha value is -0.570. The standard InChI is InChI=1S/C6H15N3/c1-3-6(9,4-2)5(7)8/h3-4,9H2,1-2H3,(H3,7,8). The average Bonchev–Trinajstić information content (AvgIpc) is 1.86. The summed E-state index contributed by atoms with van der Waals surface area (Å²) in [4.78, 5) is 0. The zero-order valence-electron chi connectivity index (χ0n) is 6.07. The molecule has 0 saturated carbocycles. The Morgan fingerprint density at radius 3 is 1.78 bits per heavy atom. The van der Waals surface area contributed by atoms with Crippen LogP contribution in [0, 0.1) is 5.41 Å². The van der Waals surface area contributed by atoms with E-state index in [0.29, 0.717) is 0 Å². The van der Waals surface area contributed by atoms with Gasteiger partial charge in [0.2, 0.25) is 0 Å². The lowest BCUT2D eigenvalue weighted by atomic mass is 9.93. The molecule has 0 aliphatic heterocycles.